The van der Waals surface area contributed by atoms with Crippen LogP contribution in [-0.2, 0) is 9.59 Å². The summed E-state index contributed by atoms with van der Waals surface area (Å²) in [6.45, 7) is 1.62. The number of aromatic nitrogens is 1. The van der Waals surface area contributed by atoms with Gasteiger partial charge in [0.2, 0.25) is 11.3 Å². The second kappa shape index (κ2) is 9.62. The SMILES string of the molecule is O=C(O)c1cn(C2CC2)c2cc(N3CCN(C4CC(=O)N(c5cc(Cl)cc(Cl)c5)C4=O)CC3)c(F)cc2c1=O. The summed E-state index contributed by atoms with van der Waals surface area (Å²) >= 11 is 12.1. The Kier molecular flexibility index (Phi) is 6.36. The number of anilines is 2. The van der Waals surface area contributed by atoms with Gasteiger partial charge in [-0.1, -0.05) is 23.2 Å². The molecule has 2 aliphatic heterocycles. The number of rotatable bonds is 5. The van der Waals surface area contributed by atoms with Crippen molar-refractivity contribution in [3.63, 3.8) is 0 Å². The summed E-state index contributed by atoms with van der Waals surface area (Å²) in [5.74, 6) is -2.65. The molecule has 1 saturated carbocycles. The van der Waals surface area contributed by atoms with Crippen molar-refractivity contribution in [2.45, 2.75) is 31.3 Å². The predicted octanol–water partition coefficient (Wildman–Crippen LogP) is 3.93. The Bertz CT molecular complexity index is 1590. The van der Waals surface area contributed by atoms with E-state index in [1.807, 2.05) is 9.80 Å². The van der Waals surface area contributed by atoms with E-state index in [4.69, 9.17) is 23.2 Å². The van der Waals surface area contributed by atoms with Gasteiger partial charge in [0, 0.05) is 53.8 Å². The van der Waals surface area contributed by atoms with Crippen LogP contribution in [0.25, 0.3) is 10.9 Å². The van der Waals surface area contributed by atoms with Gasteiger partial charge in [-0.05, 0) is 43.2 Å². The molecule has 0 radical (unpaired) electrons. The number of carboxylic acid groups (broad SMARTS) is 1. The number of benzene rings is 2. The zero-order valence-corrected chi connectivity index (χ0v) is 22.1. The molecule has 1 aromatic heterocycles. The minimum absolute atomic E-state index is 0.0207. The summed E-state index contributed by atoms with van der Waals surface area (Å²) in [7, 11) is 0. The number of amides is 2. The van der Waals surface area contributed by atoms with Crippen LogP contribution in [0, 0.1) is 5.82 Å². The number of imide groups is 1. The molecule has 1 unspecified atom stereocenters. The van der Waals surface area contributed by atoms with E-state index in [0.29, 0.717) is 53.1 Å². The van der Waals surface area contributed by atoms with Crippen LogP contribution in [0.3, 0.4) is 0 Å². The Balaban J connectivity index is 1.23. The Morgan fingerprint density at radius 3 is 2.23 bits per heavy atom. The third kappa shape index (κ3) is 4.56. The first kappa shape index (κ1) is 25.8. The van der Waals surface area contributed by atoms with Gasteiger partial charge in [-0.2, -0.15) is 0 Å². The second-order valence-electron chi connectivity index (χ2n) is 10.1. The van der Waals surface area contributed by atoms with Crippen molar-refractivity contribution < 1.29 is 23.9 Å². The first-order chi connectivity index (χ1) is 18.6. The van der Waals surface area contributed by atoms with Crippen LogP contribution in [0.5, 0.6) is 0 Å². The summed E-state index contributed by atoms with van der Waals surface area (Å²) in [5.41, 5.74) is 0.0519. The fourth-order valence-corrected chi connectivity index (χ4v) is 6.04. The van der Waals surface area contributed by atoms with Crippen molar-refractivity contribution in [3.8, 4) is 0 Å². The summed E-state index contributed by atoms with van der Waals surface area (Å²) < 4.78 is 17.1. The van der Waals surface area contributed by atoms with Gasteiger partial charge in [0.15, 0.2) is 0 Å². The van der Waals surface area contributed by atoms with E-state index < -0.39 is 23.3 Å². The number of halogens is 3. The average molecular weight is 573 g/mol. The predicted molar refractivity (Wildman–Crippen MR) is 145 cm³/mol. The van der Waals surface area contributed by atoms with Gasteiger partial charge in [-0.3, -0.25) is 19.3 Å². The van der Waals surface area contributed by atoms with Crippen LogP contribution in [0.15, 0.2) is 41.3 Å². The molecule has 1 atom stereocenters. The van der Waals surface area contributed by atoms with Crippen molar-refractivity contribution in [2.75, 3.05) is 36.0 Å². The van der Waals surface area contributed by atoms with Crippen LogP contribution in [0.4, 0.5) is 15.8 Å². The summed E-state index contributed by atoms with van der Waals surface area (Å²) in [6.07, 6.45) is 3.09. The molecule has 2 saturated heterocycles. The standard InChI is InChI=1S/C27H23Cl2FN4O5/c28-14-7-15(29)9-17(8-14)34-24(35)12-23(26(34)37)32-5-3-31(4-6-32)22-11-21-18(10-20(22)30)25(36)19(27(38)39)13-33(21)16-1-2-16/h7-11,13,16,23H,1-6,12H2,(H,38,39). The van der Waals surface area contributed by atoms with Crippen molar-refractivity contribution in [3.05, 3.63) is 68.2 Å². The second-order valence-corrected chi connectivity index (χ2v) is 10.9. The number of aromatic carboxylic acids is 1. The highest BCUT2D eigenvalue weighted by atomic mass is 35.5. The lowest BCUT2D eigenvalue weighted by molar-refractivity contribution is -0.123. The summed E-state index contributed by atoms with van der Waals surface area (Å²) in [6, 6.07) is 6.73. The van der Waals surface area contributed by atoms with E-state index in [1.54, 1.807) is 10.6 Å². The van der Waals surface area contributed by atoms with Gasteiger partial charge in [-0.25, -0.2) is 14.1 Å². The number of piperazine rings is 1. The normalized spacial score (nSPS) is 20.3. The summed E-state index contributed by atoms with van der Waals surface area (Å²) in [4.78, 5) is 55.2. The van der Waals surface area contributed by atoms with Gasteiger partial charge in [0.1, 0.15) is 11.4 Å². The molecule has 1 aliphatic carbocycles. The molecule has 202 valence electrons. The molecule has 1 N–H and O–H groups in total. The summed E-state index contributed by atoms with van der Waals surface area (Å²) in [5, 5.41) is 10.1. The highest BCUT2D eigenvalue weighted by Gasteiger charge is 2.43. The van der Waals surface area contributed by atoms with Gasteiger partial charge in [-0.15, -0.1) is 0 Å². The van der Waals surface area contributed by atoms with Crippen LogP contribution >= 0.6 is 23.2 Å². The molecular formula is C27H23Cl2FN4O5. The molecular weight excluding hydrogens is 550 g/mol. The van der Waals surface area contributed by atoms with E-state index in [9.17, 15) is 24.3 Å². The van der Waals surface area contributed by atoms with Crippen molar-refractivity contribution in [1.82, 2.24) is 9.47 Å². The lowest BCUT2D eigenvalue weighted by Crippen LogP contribution is -2.52. The quantitative estimate of drug-likeness (QED) is 0.462. The Morgan fingerprint density at radius 1 is 0.949 bits per heavy atom. The maximum atomic E-state index is 15.3. The Labute approximate surface area is 231 Å². The topological polar surface area (TPSA) is 103 Å². The smallest absolute Gasteiger partial charge is 0.341 e. The fourth-order valence-electron chi connectivity index (χ4n) is 5.52. The number of hydrogen-bond acceptors (Lipinski definition) is 6. The maximum Gasteiger partial charge on any atom is 0.341 e. The number of carboxylic acids is 1. The molecule has 3 aromatic rings. The molecule has 0 bridgehead atoms. The van der Waals surface area contributed by atoms with Gasteiger partial charge in [0.25, 0.3) is 5.91 Å². The van der Waals surface area contributed by atoms with Crippen LogP contribution in [0.1, 0.15) is 35.7 Å². The molecule has 3 fully saturated rings. The Hall–Kier alpha value is -3.47. The molecule has 6 rings (SSSR count). The molecule has 39 heavy (non-hydrogen) atoms. The number of nitrogens with zero attached hydrogens (tertiary/aromatic N) is 4. The number of carbonyl (C=O) groups excluding carboxylic acids is 2. The molecule has 3 aliphatic rings. The minimum Gasteiger partial charge on any atom is -0.477 e. The molecule has 9 nitrogen and oxygen atoms in total. The van der Waals surface area contributed by atoms with Crippen LogP contribution in [-0.4, -0.2) is 64.6 Å². The molecule has 3 heterocycles. The average Bonchev–Trinajstić information content (AvgIpc) is 3.68. The van der Waals surface area contributed by atoms with Crippen molar-refractivity contribution in [1.29, 1.82) is 0 Å². The zero-order chi connectivity index (χ0) is 27.6. The van der Waals surface area contributed by atoms with Crippen LogP contribution < -0.4 is 15.2 Å². The maximum absolute atomic E-state index is 15.3. The van der Waals surface area contributed by atoms with Gasteiger partial charge >= 0.3 is 5.97 Å². The molecule has 12 heteroatoms. The number of carbonyl (C=O) groups is 3. The van der Waals surface area contributed by atoms with Gasteiger partial charge < -0.3 is 14.6 Å². The largest absolute Gasteiger partial charge is 0.477 e. The fraction of sp³-hybridized carbons (Fsp3) is 0.333. The highest BCUT2D eigenvalue weighted by Crippen LogP contribution is 2.38. The third-order valence-electron chi connectivity index (χ3n) is 7.60. The number of fused-ring (bicyclic) bond motifs is 1. The van der Waals surface area contributed by atoms with Crippen molar-refractivity contribution in [2.24, 2.45) is 0 Å². The van der Waals surface area contributed by atoms with Gasteiger partial charge in [0.05, 0.1) is 29.4 Å². The van der Waals surface area contributed by atoms with E-state index >= 15 is 4.39 Å². The van der Waals surface area contributed by atoms with E-state index in [2.05, 4.69) is 0 Å². The van der Waals surface area contributed by atoms with E-state index in [-0.39, 0.29) is 35.2 Å². The minimum atomic E-state index is -1.34. The number of pyridine rings is 1. The lowest BCUT2D eigenvalue weighted by Gasteiger charge is -2.38. The number of hydrogen-bond donors (Lipinski definition) is 1. The van der Waals surface area contributed by atoms with E-state index in [0.717, 1.165) is 23.8 Å². The molecule has 2 amide bonds. The van der Waals surface area contributed by atoms with E-state index in [1.165, 1.54) is 24.4 Å². The monoisotopic (exact) mass is 572 g/mol. The zero-order valence-electron chi connectivity index (χ0n) is 20.6. The van der Waals surface area contributed by atoms with Crippen molar-refractivity contribution >= 4 is 63.3 Å². The first-order valence-electron chi connectivity index (χ1n) is 12.6. The first-order valence-corrected chi connectivity index (χ1v) is 13.3. The highest BCUT2D eigenvalue weighted by molar-refractivity contribution is 6.35. The molecule has 2 aromatic carbocycles. The Morgan fingerprint density at radius 2 is 1.62 bits per heavy atom. The third-order valence-corrected chi connectivity index (χ3v) is 8.03. The molecule has 0 spiro atoms. The lowest BCUT2D eigenvalue weighted by atomic mass is 10.1. The van der Waals surface area contributed by atoms with Crippen LogP contribution in [0.2, 0.25) is 10.0 Å².